The maximum Gasteiger partial charge on any atom is 0.245 e. The summed E-state index contributed by atoms with van der Waals surface area (Å²) >= 11 is 11.4. The van der Waals surface area contributed by atoms with Gasteiger partial charge in [-0.25, -0.2) is 12.7 Å². The lowest BCUT2D eigenvalue weighted by Crippen LogP contribution is -2.22. The van der Waals surface area contributed by atoms with E-state index in [9.17, 15) is 8.42 Å². The first-order valence-corrected chi connectivity index (χ1v) is 5.78. The molecule has 0 unspecified atom stereocenters. The molecule has 0 amide bonds. The highest BCUT2D eigenvalue weighted by atomic mass is 35.5. The van der Waals surface area contributed by atoms with Crippen molar-refractivity contribution in [1.29, 1.82) is 0 Å². The molecule has 0 aliphatic rings. The van der Waals surface area contributed by atoms with Crippen LogP contribution in [0.2, 0.25) is 10.0 Å². The molecule has 78 valence electrons. The number of aromatic nitrogens is 1. The van der Waals surface area contributed by atoms with E-state index in [1.165, 1.54) is 26.5 Å². The monoisotopic (exact) mass is 254 g/mol. The molecule has 0 saturated carbocycles. The third-order valence-corrected chi connectivity index (χ3v) is 4.29. The van der Waals surface area contributed by atoms with Crippen LogP contribution in [-0.2, 0) is 10.0 Å². The lowest BCUT2D eigenvalue weighted by atomic mass is 10.5. The zero-order valence-corrected chi connectivity index (χ0v) is 9.86. The van der Waals surface area contributed by atoms with Crippen molar-refractivity contribution in [1.82, 2.24) is 9.29 Å². The maximum absolute atomic E-state index is 11.6. The molecule has 0 bridgehead atoms. The molecule has 14 heavy (non-hydrogen) atoms. The van der Waals surface area contributed by atoms with Crippen molar-refractivity contribution in [2.75, 3.05) is 14.1 Å². The van der Waals surface area contributed by atoms with Gasteiger partial charge in [-0.1, -0.05) is 23.2 Å². The largest absolute Gasteiger partial charge is 0.262 e. The normalized spacial score (nSPS) is 12.1. The number of hydrogen-bond acceptors (Lipinski definition) is 3. The Morgan fingerprint density at radius 3 is 2.36 bits per heavy atom. The van der Waals surface area contributed by atoms with Gasteiger partial charge in [0, 0.05) is 26.5 Å². The SMILES string of the molecule is CN(C)S(=O)(=O)c1cncc(Cl)c1Cl. The minimum absolute atomic E-state index is 0.00429. The van der Waals surface area contributed by atoms with Crippen LogP contribution < -0.4 is 0 Å². The summed E-state index contributed by atoms with van der Waals surface area (Å²) in [6.45, 7) is 0. The van der Waals surface area contributed by atoms with Crippen LogP contribution >= 0.6 is 23.2 Å². The lowest BCUT2D eigenvalue weighted by molar-refractivity contribution is 0.520. The molecular weight excluding hydrogens is 247 g/mol. The van der Waals surface area contributed by atoms with Crippen LogP contribution in [0.15, 0.2) is 17.3 Å². The van der Waals surface area contributed by atoms with Gasteiger partial charge in [-0.3, -0.25) is 4.98 Å². The molecule has 7 heteroatoms. The van der Waals surface area contributed by atoms with E-state index in [1.807, 2.05) is 0 Å². The first kappa shape index (κ1) is 11.7. The smallest absolute Gasteiger partial charge is 0.245 e. The average Bonchev–Trinajstić information content (AvgIpc) is 2.09. The number of nitrogens with zero attached hydrogens (tertiary/aromatic N) is 2. The summed E-state index contributed by atoms with van der Waals surface area (Å²) < 4.78 is 24.3. The summed E-state index contributed by atoms with van der Waals surface area (Å²) in [6.07, 6.45) is 2.46. The molecule has 0 aliphatic heterocycles. The van der Waals surface area contributed by atoms with Crippen molar-refractivity contribution in [3.05, 3.63) is 22.4 Å². The Kier molecular flexibility index (Phi) is 3.36. The molecule has 0 N–H and O–H groups in total. The third-order valence-electron chi connectivity index (χ3n) is 1.56. The van der Waals surface area contributed by atoms with Gasteiger partial charge in [0.2, 0.25) is 10.0 Å². The summed E-state index contributed by atoms with van der Waals surface area (Å²) in [4.78, 5) is 3.59. The molecule has 0 spiro atoms. The van der Waals surface area contributed by atoms with Crippen LogP contribution in [0, 0.1) is 0 Å². The zero-order chi connectivity index (χ0) is 10.9. The van der Waals surface area contributed by atoms with Gasteiger partial charge in [0.05, 0.1) is 10.0 Å². The van der Waals surface area contributed by atoms with Gasteiger partial charge in [-0.05, 0) is 0 Å². The first-order chi connectivity index (χ1) is 6.37. The van der Waals surface area contributed by atoms with Crippen LogP contribution in [0.25, 0.3) is 0 Å². The molecule has 0 aromatic carbocycles. The highest BCUT2D eigenvalue weighted by Crippen LogP contribution is 2.28. The van der Waals surface area contributed by atoms with Crippen LogP contribution in [0.5, 0.6) is 0 Å². The van der Waals surface area contributed by atoms with Crippen LogP contribution in [-0.4, -0.2) is 31.8 Å². The summed E-state index contributed by atoms with van der Waals surface area (Å²) in [5, 5.41) is 0.116. The van der Waals surface area contributed by atoms with Gasteiger partial charge in [0.15, 0.2) is 0 Å². The van der Waals surface area contributed by atoms with Crippen molar-refractivity contribution in [3.63, 3.8) is 0 Å². The molecule has 0 atom stereocenters. The van der Waals surface area contributed by atoms with E-state index in [-0.39, 0.29) is 14.9 Å². The fraction of sp³-hybridized carbons (Fsp3) is 0.286. The topological polar surface area (TPSA) is 50.3 Å². The molecule has 4 nitrogen and oxygen atoms in total. The molecule has 0 saturated heterocycles. The Morgan fingerprint density at radius 2 is 1.86 bits per heavy atom. The number of pyridine rings is 1. The van der Waals surface area contributed by atoms with Crippen molar-refractivity contribution < 1.29 is 8.42 Å². The van der Waals surface area contributed by atoms with E-state index in [4.69, 9.17) is 23.2 Å². The van der Waals surface area contributed by atoms with Crippen molar-refractivity contribution in [3.8, 4) is 0 Å². The number of rotatable bonds is 2. The van der Waals surface area contributed by atoms with Crippen molar-refractivity contribution in [2.24, 2.45) is 0 Å². The molecule has 1 aromatic heterocycles. The summed E-state index contributed by atoms with van der Waals surface area (Å²) in [5.74, 6) is 0. The molecule has 1 rings (SSSR count). The standard InChI is InChI=1S/C7H8Cl2N2O2S/c1-11(2)14(12,13)6-4-10-3-5(8)7(6)9/h3-4H,1-2H3. The van der Waals surface area contributed by atoms with Crippen LogP contribution in [0.4, 0.5) is 0 Å². The fourth-order valence-electron chi connectivity index (χ4n) is 0.778. The van der Waals surface area contributed by atoms with E-state index in [0.717, 1.165) is 4.31 Å². The Labute approximate surface area is 92.5 Å². The van der Waals surface area contributed by atoms with E-state index < -0.39 is 10.0 Å². The second-order valence-corrected chi connectivity index (χ2v) is 5.63. The van der Waals surface area contributed by atoms with Crippen LogP contribution in [0.1, 0.15) is 0 Å². The highest BCUT2D eigenvalue weighted by molar-refractivity contribution is 7.89. The molecule has 0 aliphatic carbocycles. The van der Waals surface area contributed by atoms with E-state index in [1.54, 1.807) is 0 Å². The summed E-state index contributed by atoms with van der Waals surface area (Å²) in [6, 6.07) is 0. The second-order valence-electron chi connectivity index (χ2n) is 2.72. The number of sulfonamides is 1. The van der Waals surface area contributed by atoms with Gasteiger partial charge >= 0.3 is 0 Å². The van der Waals surface area contributed by atoms with E-state index in [2.05, 4.69) is 4.98 Å². The van der Waals surface area contributed by atoms with E-state index in [0.29, 0.717) is 0 Å². The summed E-state index contributed by atoms with van der Waals surface area (Å²) in [7, 11) is -0.757. The molecule has 0 fully saturated rings. The van der Waals surface area contributed by atoms with Crippen LogP contribution in [0.3, 0.4) is 0 Å². The second kappa shape index (κ2) is 4.02. The lowest BCUT2D eigenvalue weighted by Gasteiger charge is -2.12. The molecule has 0 radical (unpaired) electrons. The van der Waals surface area contributed by atoms with Gasteiger partial charge in [0.1, 0.15) is 4.90 Å². The minimum Gasteiger partial charge on any atom is -0.262 e. The van der Waals surface area contributed by atoms with E-state index >= 15 is 0 Å². The minimum atomic E-state index is -3.58. The maximum atomic E-state index is 11.6. The Morgan fingerprint density at radius 1 is 1.29 bits per heavy atom. The molecule has 1 heterocycles. The number of hydrogen-bond donors (Lipinski definition) is 0. The van der Waals surface area contributed by atoms with Gasteiger partial charge in [-0.15, -0.1) is 0 Å². The Hall–Kier alpha value is -0.360. The van der Waals surface area contributed by atoms with Gasteiger partial charge in [0.25, 0.3) is 0 Å². The Balaban J connectivity index is 3.42. The third kappa shape index (κ3) is 2.00. The predicted molar refractivity (Wildman–Crippen MR) is 55.1 cm³/mol. The van der Waals surface area contributed by atoms with Crippen molar-refractivity contribution >= 4 is 33.2 Å². The number of halogens is 2. The highest BCUT2D eigenvalue weighted by Gasteiger charge is 2.22. The average molecular weight is 255 g/mol. The quantitative estimate of drug-likeness (QED) is 0.807. The fourth-order valence-corrected chi connectivity index (χ4v) is 2.31. The zero-order valence-electron chi connectivity index (χ0n) is 7.53. The Bertz CT molecular complexity index is 445. The van der Waals surface area contributed by atoms with Crippen molar-refractivity contribution in [2.45, 2.75) is 4.90 Å². The van der Waals surface area contributed by atoms with Gasteiger partial charge in [-0.2, -0.15) is 0 Å². The first-order valence-electron chi connectivity index (χ1n) is 3.59. The predicted octanol–water partition coefficient (Wildman–Crippen LogP) is 1.64. The molecule has 1 aromatic rings. The molecular formula is C7H8Cl2N2O2S. The van der Waals surface area contributed by atoms with Gasteiger partial charge < -0.3 is 0 Å². The summed E-state index contributed by atoms with van der Waals surface area (Å²) in [5.41, 5.74) is 0.